The number of benzene rings is 1. The Bertz CT molecular complexity index is 477. The topological polar surface area (TPSA) is 40.5 Å². The fourth-order valence-electron chi connectivity index (χ4n) is 2.76. The number of likely N-dealkylation sites (tertiary alicyclic amines) is 1. The Morgan fingerprint density at radius 2 is 2.26 bits per heavy atom. The van der Waals surface area contributed by atoms with Crippen LogP contribution in [0.25, 0.3) is 0 Å². The van der Waals surface area contributed by atoms with Gasteiger partial charge in [-0.1, -0.05) is 12.1 Å². The maximum Gasteiger partial charge on any atom is 0.310 e. The van der Waals surface area contributed by atoms with Crippen LogP contribution in [0.15, 0.2) is 24.3 Å². The maximum atomic E-state index is 13.3. The van der Waals surface area contributed by atoms with Crippen LogP contribution in [0.4, 0.5) is 4.39 Å². The molecular formula is C15H20FNO2. The quantitative estimate of drug-likeness (QED) is 0.913. The smallest absolute Gasteiger partial charge is 0.310 e. The molecule has 1 heterocycles. The number of piperidine rings is 1. The number of aliphatic carboxylic acids is 1. The Balaban J connectivity index is 2.15. The van der Waals surface area contributed by atoms with Crippen LogP contribution in [0.3, 0.4) is 0 Å². The van der Waals surface area contributed by atoms with Crippen molar-refractivity contribution in [3.05, 3.63) is 35.6 Å². The summed E-state index contributed by atoms with van der Waals surface area (Å²) in [5.41, 5.74) is 0.203. The van der Waals surface area contributed by atoms with E-state index in [-0.39, 0.29) is 11.9 Å². The van der Waals surface area contributed by atoms with E-state index in [1.165, 1.54) is 12.1 Å². The Hall–Kier alpha value is -1.42. The third kappa shape index (κ3) is 2.95. The highest BCUT2D eigenvalue weighted by Gasteiger charge is 2.39. The van der Waals surface area contributed by atoms with Crippen molar-refractivity contribution in [1.29, 1.82) is 0 Å². The van der Waals surface area contributed by atoms with Crippen molar-refractivity contribution >= 4 is 5.97 Å². The predicted octanol–water partition coefficient (Wildman–Crippen LogP) is 3.07. The molecule has 1 aromatic rings. The Morgan fingerprint density at radius 3 is 2.89 bits per heavy atom. The summed E-state index contributed by atoms with van der Waals surface area (Å²) in [7, 11) is 0. The molecule has 1 aliphatic rings. The molecule has 0 radical (unpaired) electrons. The molecule has 0 aromatic heterocycles. The molecule has 0 amide bonds. The van der Waals surface area contributed by atoms with Gasteiger partial charge >= 0.3 is 5.97 Å². The number of nitrogens with zero attached hydrogens (tertiary/aromatic N) is 1. The van der Waals surface area contributed by atoms with Crippen molar-refractivity contribution in [2.45, 2.75) is 32.7 Å². The zero-order chi connectivity index (χ0) is 14.0. The summed E-state index contributed by atoms with van der Waals surface area (Å²) in [5.74, 6) is -0.994. The highest BCUT2D eigenvalue weighted by Crippen LogP contribution is 2.34. The lowest BCUT2D eigenvalue weighted by Gasteiger charge is -2.40. The number of carboxylic acids is 1. The summed E-state index contributed by atoms with van der Waals surface area (Å²) >= 11 is 0. The normalized spacial score (nSPS) is 26.1. The summed E-state index contributed by atoms with van der Waals surface area (Å²) < 4.78 is 13.3. The first-order valence-corrected chi connectivity index (χ1v) is 6.65. The molecule has 0 saturated carbocycles. The van der Waals surface area contributed by atoms with Crippen molar-refractivity contribution < 1.29 is 14.3 Å². The van der Waals surface area contributed by atoms with E-state index >= 15 is 0 Å². The molecule has 2 unspecified atom stereocenters. The minimum Gasteiger partial charge on any atom is -0.481 e. The van der Waals surface area contributed by atoms with Gasteiger partial charge < -0.3 is 5.11 Å². The molecule has 1 fully saturated rings. The van der Waals surface area contributed by atoms with Crippen LogP contribution in [0, 0.1) is 11.2 Å². The first kappa shape index (κ1) is 14.0. The monoisotopic (exact) mass is 265 g/mol. The molecule has 2 atom stereocenters. The third-order valence-corrected chi connectivity index (χ3v) is 4.12. The predicted molar refractivity (Wildman–Crippen MR) is 71.4 cm³/mol. The first-order valence-electron chi connectivity index (χ1n) is 6.65. The van der Waals surface area contributed by atoms with Gasteiger partial charge in [0.1, 0.15) is 5.82 Å². The zero-order valence-electron chi connectivity index (χ0n) is 11.4. The van der Waals surface area contributed by atoms with Gasteiger partial charge in [-0.2, -0.15) is 0 Å². The van der Waals surface area contributed by atoms with E-state index in [9.17, 15) is 14.3 Å². The third-order valence-electron chi connectivity index (χ3n) is 4.12. The number of halogens is 1. The van der Waals surface area contributed by atoms with Gasteiger partial charge in [0, 0.05) is 12.6 Å². The van der Waals surface area contributed by atoms with Crippen LogP contribution >= 0.6 is 0 Å². The molecule has 1 aromatic carbocycles. The number of hydrogen-bond donors (Lipinski definition) is 1. The highest BCUT2D eigenvalue weighted by atomic mass is 19.1. The molecule has 0 bridgehead atoms. The van der Waals surface area contributed by atoms with Gasteiger partial charge in [0.15, 0.2) is 0 Å². The SMILES string of the molecule is CC(c1cccc(F)c1)N1CCCC(C)(C(=O)O)C1. The van der Waals surface area contributed by atoms with Gasteiger partial charge in [0.2, 0.25) is 0 Å². The van der Waals surface area contributed by atoms with E-state index in [1.807, 2.05) is 13.0 Å². The summed E-state index contributed by atoms with van der Waals surface area (Å²) in [6.07, 6.45) is 1.57. The second-order valence-corrected chi connectivity index (χ2v) is 5.67. The lowest BCUT2D eigenvalue weighted by atomic mass is 9.81. The summed E-state index contributed by atoms with van der Waals surface area (Å²) in [5, 5.41) is 9.33. The van der Waals surface area contributed by atoms with Crippen LogP contribution < -0.4 is 0 Å². The second kappa shape index (κ2) is 5.29. The van der Waals surface area contributed by atoms with Crippen molar-refractivity contribution in [2.24, 2.45) is 5.41 Å². The van der Waals surface area contributed by atoms with Gasteiger partial charge in [0.05, 0.1) is 5.41 Å². The Kier molecular flexibility index (Phi) is 3.90. The lowest BCUT2D eigenvalue weighted by Crippen LogP contribution is -2.46. The van der Waals surface area contributed by atoms with Crippen molar-refractivity contribution in [3.8, 4) is 0 Å². The molecule has 0 spiro atoms. The van der Waals surface area contributed by atoms with Crippen molar-refractivity contribution in [1.82, 2.24) is 4.90 Å². The van der Waals surface area contributed by atoms with Crippen molar-refractivity contribution in [2.75, 3.05) is 13.1 Å². The van der Waals surface area contributed by atoms with E-state index in [0.717, 1.165) is 18.5 Å². The second-order valence-electron chi connectivity index (χ2n) is 5.67. The molecule has 19 heavy (non-hydrogen) atoms. The number of carboxylic acid groups (broad SMARTS) is 1. The van der Waals surface area contributed by atoms with Gasteiger partial charge in [-0.25, -0.2) is 4.39 Å². The van der Waals surface area contributed by atoms with Crippen LogP contribution in [-0.4, -0.2) is 29.1 Å². The molecule has 4 heteroatoms. The minimum atomic E-state index is -0.747. The summed E-state index contributed by atoms with van der Waals surface area (Å²) in [4.78, 5) is 13.5. The molecule has 1 aliphatic heterocycles. The largest absolute Gasteiger partial charge is 0.481 e. The fraction of sp³-hybridized carbons (Fsp3) is 0.533. The molecule has 3 nitrogen and oxygen atoms in total. The van der Waals surface area contributed by atoms with E-state index in [4.69, 9.17) is 0 Å². The van der Waals surface area contributed by atoms with Crippen LogP contribution in [-0.2, 0) is 4.79 Å². The Labute approximate surface area is 113 Å². The van der Waals surface area contributed by atoms with E-state index in [1.54, 1.807) is 13.0 Å². The van der Waals surface area contributed by atoms with Crippen LogP contribution in [0.1, 0.15) is 38.3 Å². The number of carbonyl (C=O) groups is 1. The molecule has 0 aliphatic carbocycles. The van der Waals surface area contributed by atoms with E-state index in [0.29, 0.717) is 13.0 Å². The highest BCUT2D eigenvalue weighted by molar-refractivity contribution is 5.74. The molecule has 1 N–H and O–H groups in total. The summed E-state index contributed by atoms with van der Waals surface area (Å²) in [6.45, 7) is 5.17. The average molecular weight is 265 g/mol. The van der Waals surface area contributed by atoms with E-state index in [2.05, 4.69) is 4.90 Å². The van der Waals surface area contributed by atoms with Gasteiger partial charge in [0.25, 0.3) is 0 Å². The molecule has 2 rings (SSSR count). The van der Waals surface area contributed by atoms with Gasteiger partial charge in [-0.15, -0.1) is 0 Å². The molecular weight excluding hydrogens is 245 g/mol. The number of rotatable bonds is 3. The first-order chi connectivity index (χ1) is 8.92. The zero-order valence-corrected chi connectivity index (χ0v) is 11.4. The van der Waals surface area contributed by atoms with Crippen LogP contribution in [0.2, 0.25) is 0 Å². The summed E-state index contributed by atoms with van der Waals surface area (Å²) in [6, 6.07) is 6.57. The maximum absolute atomic E-state index is 13.3. The number of hydrogen-bond acceptors (Lipinski definition) is 2. The average Bonchev–Trinajstić information content (AvgIpc) is 2.38. The molecule has 104 valence electrons. The molecule has 1 saturated heterocycles. The minimum absolute atomic E-state index is 0.0367. The fourth-order valence-corrected chi connectivity index (χ4v) is 2.76. The van der Waals surface area contributed by atoms with Crippen molar-refractivity contribution in [3.63, 3.8) is 0 Å². The van der Waals surface area contributed by atoms with Gasteiger partial charge in [-0.05, 0) is 50.9 Å². The Morgan fingerprint density at radius 1 is 1.53 bits per heavy atom. The standard InChI is InChI=1S/C15H20FNO2/c1-11(12-5-3-6-13(16)9-12)17-8-4-7-15(2,10-17)14(18)19/h3,5-6,9,11H,4,7-8,10H2,1-2H3,(H,18,19). The van der Waals surface area contributed by atoms with Gasteiger partial charge in [-0.3, -0.25) is 9.69 Å². The van der Waals surface area contributed by atoms with Crippen LogP contribution in [0.5, 0.6) is 0 Å². The lowest BCUT2D eigenvalue weighted by molar-refractivity contribution is -0.151. The van der Waals surface area contributed by atoms with E-state index < -0.39 is 11.4 Å².